The van der Waals surface area contributed by atoms with Crippen molar-refractivity contribution in [3.63, 3.8) is 0 Å². The summed E-state index contributed by atoms with van der Waals surface area (Å²) < 4.78 is 4.73. The summed E-state index contributed by atoms with van der Waals surface area (Å²) in [5.41, 5.74) is -0.564. The maximum absolute atomic E-state index is 11.6. The van der Waals surface area contributed by atoms with Gasteiger partial charge in [0.2, 0.25) is 5.91 Å². The van der Waals surface area contributed by atoms with E-state index in [2.05, 4.69) is 5.32 Å². The summed E-state index contributed by atoms with van der Waals surface area (Å²) in [4.78, 5) is 22.7. The standard InChI is InChI=1S/C12H23NO4/c1-4-12(5-2,9-14)13-10(15)7-8-11(16)17-6-3/h14H,4-9H2,1-3H3,(H,13,15). The molecule has 0 fully saturated rings. The van der Waals surface area contributed by atoms with Gasteiger partial charge in [-0.15, -0.1) is 0 Å². The van der Waals surface area contributed by atoms with E-state index in [1.54, 1.807) is 6.92 Å². The summed E-state index contributed by atoms with van der Waals surface area (Å²) in [6.07, 6.45) is 1.49. The second kappa shape index (κ2) is 8.06. The molecular formula is C12H23NO4. The first-order valence-corrected chi connectivity index (χ1v) is 6.11. The van der Waals surface area contributed by atoms with Gasteiger partial charge >= 0.3 is 5.97 Å². The summed E-state index contributed by atoms with van der Waals surface area (Å²) >= 11 is 0. The Balaban J connectivity index is 4.11. The lowest BCUT2D eigenvalue weighted by Crippen LogP contribution is -2.50. The number of aliphatic hydroxyl groups is 1. The normalized spacial score (nSPS) is 11.1. The molecule has 0 radical (unpaired) electrons. The van der Waals surface area contributed by atoms with E-state index in [0.29, 0.717) is 19.4 Å². The molecule has 0 aromatic carbocycles. The third kappa shape index (κ3) is 5.68. The Morgan fingerprint density at radius 2 is 1.76 bits per heavy atom. The van der Waals surface area contributed by atoms with Crippen LogP contribution in [0, 0.1) is 0 Å². The number of carbonyl (C=O) groups is 2. The first-order chi connectivity index (χ1) is 8.03. The molecule has 0 atom stereocenters. The fourth-order valence-electron chi connectivity index (χ4n) is 1.50. The van der Waals surface area contributed by atoms with E-state index >= 15 is 0 Å². The largest absolute Gasteiger partial charge is 0.466 e. The minimum absolute atomic E-state index is 0.0780. The van der Waals surface area contributed by atoms with Gasteiger partial charge in [-0.05, 0) is 19.8 Å². The number of hydrogen-bond donors (Lipinski definition) is 2. The van der Waals surface area contributed by atoms with Crippen LogP contribution in [0.15, 0.2) is 0 Å². The number of rotatable bonds is 8. The van der Waals surface area contributed by atoms with Crippen LogP contribution < -0.4 is 5.32 Å². The van der Waals surface area contributed by atoms with Crippen LogP contribution in [0.2, 0.25) is 0 Å². The van der Waals surface area contributed by atoms with E-state index in [-0.39, 0.29) is 31.3 Å². The minimum Gasteiger partial charge on any atom is -0.466 e. The van der Waals surface area contributed by atoms with Crippen molar-refractivity contribution >= 4 is 11.9 Å². The SMILES string of the molecule is CCOC(=O)CCC(=O)NC(CC)(CC)CO. The molecule has 5 nitrogen and oxygen atoms in total. The third-order valence-corrected chi connectivity index (χ3v) is 2.92. The van der Waals surface area contributed by atoms with Crippen LogP contribution in [0.4, 0.5) is 0 Å². The molecule has 0 unspecified atom stereocenters. The van der Waals surface area contributed by atoms with Crippen LogP contribution in [0.1, 0.15) is 46.5 Å². The highest BCUT2D eigenvalue weighted by Gasteiger charge is 2.27. The number of amides is 1. The van der Waals surface area contributed by atoms with E-state index in [1.165, 1.54) is 0 Å². The van der Waals surface area contributed by atoms with E-state index in [0.717, 1.165) is 0 Å². The lowest BCUT2D eigenvalue weighted by Gasteiger charge is -2.30. The number of carbonyl (C=O) groups excluding carboxylic acids is 2. The van der Waals surface area contributed by atoms with Crippen LogP contribution in [-0.2, 0) is 14.3 Å². The molecule has 0 aromatic heterocycles. The second-order valence-electron chi connectivity index (χ2n) is 4.00. The van der Waals surface area contributed by atoms with Crippen molar-refractivity contribution in [2.75, 3.05) is 13.2 Å². The highest BCUT2D eigenvalue weighted by Crippen LogP contribution is 2.14. The van der Waals surface area contributed by atoms with E-state index in [4.69, 9.17) is 4.74 Å². The zero-order valence-corrected chi connectivity index (χ0v) is 10.9. The third-order valence-electron chi connectivity index (χ3n) is 2.92. The lowest BCUT2D eigenvalue weighted by atomic mass is 9.93. The molecule has 100 valence electrons. The fraction of sp³-hybridized carbons (Fsp3) is 0.833. The first kappa shape index (κ1) is 15.9. The maximum atomic E-state index is 11.6. The van der Waals surface area contributed by atoms with Gasteiger partial charge in [0.1, 0.15) is 0 Å². The van der Waals surface area contributed by atoms with Crippen LogP contribution in [0.25, 0.3) is 0 Å². The summed E-state index contributed by atoms with van der Waals surface area (Å²) in [7, 11) is 0. The summed E-state index contributed by atoms with van der Waals surface area (Å²) in [5, 5.41) is 12.1. The van der Waals surface area contributed by atoms with E-state index in [9.17, 15) is 14.7 Å². The highest BCUT2D eigenvalue weighted by molar-refractivity contribution is 5.81. The quantitative estimate of drug-likeness (QED) is 0.625. The Bertz CT molecular complexity index is 241. The van der Waals surface area contributed by atoms with E-state index < -0.39 is 5.54 Å². The van der Waals surface area contributed by atoms with Gasteiger partial charge in [-0.1, -0.05) is 13.8 Å². The number of ether oxygens (including phenoxy) is 1. The fourth-order valence-corrected chi connectivity index (χ4v) is 1.50. The molecule has 5 heteroatoms. The molecule has 17 heavy (non-hydrogen) atoms. The molecule has 0 spiro atoms. The molecular weight excluding hydrogens is 222 g/mol. The van der Waals surface area contributed by atoms with Gasteiger partial charge in [0.25, 0.3) is 0 Å². The molecule has 0 aliphatic rings. The van der Waals surface area contributed by atoms with Crippen molar-refractivity contribution in [3.8, 4) is 0 Å². The lowest BCUT2D eigenvalue weighted by molar-refractivity contribution is -0.144. The van der Waals surface area contributed by atoms with Crippen LogP contribution in [0.3, 0.4) is 0 Å². The molecule has 0 aliphatic carbocycles. The topological polar surface area (TPSA) is 75.6 Å². The van der Waals surface area contributed by atoms with Gasteiger partial charge < -0.3 is 15.2 Å². The van der Waals surface area contributed by atoms with Crippen molar-refractivity contribution < 1.29 is 19.4 Å². The van der Waals surface area contributed by atoms with Crippen molar-refractivity contribution in [2.45, 2.75) is 52.0 Å². The molecule has 2 N–H and O–H groups in total. The Labute approximate surface area is 103 Å². The van der Waals surface area contributed by atoms with Gasteiger partial charge in [0.15, 0.2) is 0 Å². The molecule has 1 amide bonds. The zero-order valence-electron chi connectivity index (χ0n) is 10.9. The number of nitrogens with one attached hydrogen (secondary N) is 1. The van der Waals surface area contributed by atoms with Crippen LogP contribution in [-0.4, -0.2) is 35.7 Å². The summed E-state index contributed by atoms with van der Waals surface area (Å²) in [5.74, 6) is -0.596. The van der Waals surface area contributed by atoms with Gasteiger partial charge in [0, 0.05) is 6.42 Å². The molecule has 0 saturated heterocycles. The smallest absolute Gasteiger partial charge is 0.306 e. The van der Waals surface area contributed by atoms with Crippen LogP contribution >= 0.6 is 0 Å². The second-order valence-corrected chi connectivity index (χ2v) is 4.00. The Morgan fingerprint density at radius 3 is 2.18 bits per heavy atom. The number of hydrogen-bond acceptors (Lipinski definition) is 4. The van der Waals surface area contributed by atoms with Crippen molar-refractivity contribution in [1.29, 1.82) is 0 Å². The van der Waals surface area contributed by atoms with Crippen molar-refractivity contribution in [1.82, 2.24) is 5.32 Å². The zero-order chi connectivity index (χ0) is 13.3. The van der Waals surface area contributed by atoms with Gasteiger partial charge in [-0.2, -0.15) is 0 Å². The van der Waals surface area contributed by atoms with Gasteiger partial charge in [-0.3, -0.25) is 9.59 Å². The summed E-state index contributed by atoms with van der Waals surface area (Å²) in [6, 6.07) is 0. The highest BCUT2D eigenvalue weighted by atomic mass is 16.5. The Kier molecular flexibility index (Phi) is 7.54. The molecule has 0 aromatic rings. The molecule has 0 saturated carbocycles. The Hall–Kier alpha value is -1.10. The number of esters is 1. The summed E-state index contributed by atoms with van der Waals surface area (Å²) in [6.45, 7) is 5.77. The molecule has 0 rings (SSSR count). The van der Waals surface area contributed by atoms with E-state index in [1.807, 2.05) is 13.8 Å². The monoisotopic (exact) mass is 245 g/mol. The van der Waals surface area contributed by atoms with Gasteiger partial charge in [-0.25, -0.2) is 0 Å². The number of aliphatic hydroxyl groups excluding tert-OH is 1. The Morgan fingerprint density at radius 1 is 1.18 bits per heavy atom. The molecule has 0 aliphatic heterocycles. The van der Waals surface area contributed by atoms with Gasteiger partial charge in [0.05, 0.1) is 25.2 Å². The average Bonchev–Trinajstić information content (AvgIpc) is 2.34. The predicted molar refractivity (Wildman–Crippen MR) is 64.4 cm³/mol. The first-order valence-electron chi connectivity index (χ1n) is 6.11. The average molecular weight is 245 g/mol. The van der Waals surface area contributed by atoms with Crippen molar-refractivity contribution in [3.05, 3.63) is 0 Å². The van der Waals surface area contributed by atoms with Crippen LogP contribution in [0.5, 0.6) is 0 Å². The maximum Gasteiger partial charge on any atom is 0.306 e. The molecule has 0 heterocycles. The predicted octanol–water partition coefficient (Wildman–Crippen LogP) is 0.997. The molecule has 0 bridgehead atoms. The van der Waals surface area contributed by atoms with Crippen molar-refractivity contribution in [2.24, 2.45) is 0 Å². The minimum atomic E-state index is -0.564.